The number of hydrogen-bond acceptors (Lipinski definition) is 3. The summed E-state index contributed by atoms with van der Waals surface area (Å²) in [7, 11) is 0. The highest BCUT2D eigenvalue weighted by Gasteiger charge is 2.41. The predicted molar refractivity (Wildman–Crippen MR) is 83.8 cm³/mol. The maximum atomic E-state index is 9.65. The van der Waals surface area contributed by atoms with Gasteiger partial charge in [0.2, 0.25) is 0 Å². The van der Waals surface area contributed by atoms with Crippen molar-refractivity contribution in [2.75, 3.05) is 0 Å². The van der Waals surface area contributed by atoms with E-state index in [0.29, 0.717) is 12.1 Å². The van der Waals surface area contributed by atoms with E-state index in [2.05, 4.69) is 25.2 Å². The highest BCUT2D eigenvalue weighted by atomic mass is 16.5. The van der Waals surface area contributed by atoms with Gasteiger partial charge in [-0.25, -0.2) is 0 Å². The van der Waals surface area contributed by atoms with Gasteiger partial charge in [-0.2, -0.15) is 5.26 Å². The third-order valence-electron chi connectivity index (χ3n) is 5.91. The van der Waals surface area contributed by atoms with E-state index in [9.17, 15) is 5.26 Å². The lowest BCUT2D eigenvalue weighted by molar-refractivity contribution is -0.0698. The minimum absolute atomic E-state index is 0.287. The summed E-state index contributed by atoms with van der Waals surface area (Å²) in [6, 6.07) is 3.18. The molecule has 3 aliphatic rings. The van der Waals surface area contributed by atoms with Crippen molar-refractivity contribution in [1.29, 1.82) is 5.26 Å². The molecular weight excluding hydrogens is 260 g/mol. The predicted octanol–water partition coefficient (Wildman–Crippen LogP) is 3.78. The Labute approximate surface area is 129 Å². The number of hydrogen-bond donors (Lipinski definition) is 1. The van der Waals surface area contributed by atoms with Gasteiger partial charge in [0.15, 0.2) is 0 Å². The minimum atomic E-state index is -0.308. The molecule has 0 aromatic carbocycles. The molecule has 0 aromatic heterocycles. The summed E-state index contributed by atoms with van der Waals surface area (Å²) in [4.78, 5) is 0. The van der Waals surface area contributed by atoms with E-state index in [4.69, 9.17) is 4.74 Å². The molecule has 0 radical (unpaired) electrons. The van der Waals surface area contributed by atoms with Gasteiger partial charge in [-0.15, -0.1) is 0 Å². The number of nitriles is 1. The van der Waals surface area contributed by atoms with E-state index in [1.54, 1.807) is 0 Å². The third-order valence-corrected chi connectivity index (χ3v) is 5.91. The number of nitrogens with one attached hydrogen (secondary N) is 1. The van der Waals surface area contributed by atoms with Crippen molar-refractivity contribution in [2.24, 2.45) is 11.8 Å². The van der Waals surface area contributed by atoms with Crippen LogP contribution in [-0.4, -0.2) is 23.8 Å². The molecule has 0 saturated heterocycles. The zero-order valence-electron chi connectivity index (χ0n) is 13.6. The first-order valence-corrected chi connectivity index (χ1v) is 8.94. The van der Waals surface area contributed by atoms with Crippen LogP contribution in [0.25, 0.3) is 0 Å². The molecule has 3 fully saturated rings. The molecule has 3 rings (SSSR count). The van der Waals surface area contributed by atoms with E-state index in [1.165, 1.54) is 32.1 Å². The largest absolute Gasteiger partial charge is 0.375 e. The monoisotopic (exact) mass is 290 g/mol. The van der Waals surface area contributed by atoms with E-state index < -0.39 is 0 Å². The van der Waals surface area contributed by atoms with Gasteiger partial charge in [0, 0.05) is 12.5 Å². The molecule has 0 bridgehead atoms. The van der Waals surface area contributed by atoms with Crippen molar-refractivity contribution in [3.8, 4) is 6.07 Å². The first kappa shape index (κ1) is 15.3. The Kier molecular flexibility index (Phi) is 4.57. The van der Waals surface area contributed by atoms with Gasteiger partial charge >= 0.3 is 0 Å². The maximum absolute atomic E-state index is 9.65. The number of ether oxygens (including phenoxy) is 1. The molecule has 0 heterocycles. The third kappa shape index (κ3) is 3.79. The van der Waals surface area contributed by atoms with Crippen LogP contribution in [-0.2, 0) is 4.74 Å². The maximum Gasteiger partial charge on any atom is 0.109 e. The van der Waals surface area contributed by atoms with Crippen molar-refractivity contribution in [2.45, 2.75) is 95.4 Å². The Morgan fingerprint density at radius 1 is 1.05 bits per heavy atom. The van der Waals surface area contributed by atoms with Crippen LogP contribution in [0.2, 0.25) is 0 Å². The van der Waals surface area contributed by atoms with Gasteiger partial charge in [-0.05, 0) is 63.2 Å². The molecule has 3 aliphatic carbocycles. The van der Waals surface area contributed by atoms with Crippen LogP contribution < -0.4 is 5.32 Å². The summed E-state index contributed by atoms with van der Waals surface area (Å²) in [6.07, 6.45) is 11.0. The molecule has 21 heavy (non-hydrogen) atoms. The molecule has 0 amide bonds. The van der Waals surface area contributed by atoms with E-state index in [1.807, 2.05) is 0 Å². The summed E-state index contributed by atoms with van der Waals surface area (Å²) < 4.78 is 6.42. The second-order valence-corrected chi connectivity index (χ2v) is 7.86. The van der Waals surface area contributed by atoms with Crippen LogP contribution in [0.1, 0.15) is 71.6 Å². The Balaban J connectivity index is 1.54. The average molecular weight is 290 g/mol. The highest BCUT2D eigenvalue weighted by Crippen LogP contribution is 2.37. The molecule has 3 nitrogen and oxygen atoms in total. The van der Waals surface area contributed by atoms with E-state index in [-0.39, 0.29) is 11.6 Å². The first-order chi connectivity index (χ1) is 10.1. The minimum Gasteiger partial charge on any atom is -0.375 e. The molecule has 3 saturated carbocycles. The normalized spacial score (nSPS) is 44.2. The summed E-state index contributed by atoms with van der Waals surface area (Å²) in [6.45, 7) is 4.72. The van der Waals surface area contributed by atoms with Crippen LogP contribution in [0.4, 0.5) is 0 Å². The quantitative estimate of drug-likeness (QED) is 0.857. The lowest BCUT2D eigenvalue weighted by Gasteiger charge is -2.40. The van der Waals surface area contributed by atoms with Gasteiger partial charge in [-0.3, -0.25) is 5.32 Å². The molecule has 5 unspecified atom stereocenters. The summed E-state index contributed by atoms with van der Waals surface area (Å²) in [5.74, 6) is 1.61. The second kappa shape index (κ2) is 6.26. The molecule has 0 aliphatic heterocycles. The van der Waals surface area contributed by atoms with Gasteiger partial charge < -0.3 is 4.74 Å². The van der Waals surface area contributed by atoms with Gasteiger partial charge in [0.1, 0.15) is 5.54 Å². The standard InChI is InChI=1S/C18H30N2O/c1-13-5-8-16(10-14(13)2)21-17-4-3-9-18(11-17,12-19)20-15-6-7-15/h13-17,20H,3-11H2,1-2H3. The fourth-order valence-corrected chi connectivity index (χ4v) is 4.12. The first-order valence-electron chi connectivity index (χ1n) is 8.94. The molecule has 0 spiro atoms. The van der Waals surface area contributed by atoms with Gasteiger partial charge in [0.25, 0.3) is 0 Å². The van der Waals surface area contributed by atoms with Gasteiger partial charge in [0.05, 0.1) is 18.3 Å². The SMILES string of the molecule is CC1CCC(OC2CCCC(C#N)(NC3CC3)C2)CC1C. The van der Waals surface area contributed by atoms with Crippen LogP contribution in [0.15, 0.2) is 0 Å². The molecule has 0 aromatic rings. The number of rotatable bonds is 4. The second-order valence-electron chi connectivity index (χ2n) is 7.86. The van der Waals surface area contributed by atoms with E-state index in [0.717, 1.165) is 37.5 Å². The fourth-order valence-electron chi connectivity index (χ4n) is 4.12. The zero-order valence-corrected chi connectivity index (χ0v) is 13.6. The molecule has 5 atom stereocenters. The van der Waals surface area contributed by atoms with Crippen LogP contribution in [0.3, 0.4) is 0 Å². The van der Waals surface area contributed by atoms with E-state index >= 15 is 0 Å². The van der Waals surface area contributed by atoms with Crippen molar-refractivity contribution in [1.82, 2.24) is 5.32 Å². The highest BCUT2D eigenvalue weighted by molar-refractivity contribution is 5.12. The van der Waals surface area contributed by atoms with Crippen molar-refractivity contribution in [3.63, 3.8) is 0 Å². The van der Waals surface area contributed by atoms with Crippen LogP contribution >= 0.6 is 0 Å². The Hall–Kier alpha value is -0.590. The number of nitrogens with zero attached hydrogens (tertiary/aromatic N) is 1. The van der Waals surface area contributed by atoms with Crippen molar-refractivity contribution < 1.29 is 4.74 Å². The van der Waals surface area contributed by atoms with Crippen molar-refractivity contribution >= 4 is 0 Å². The topological polar surface area (TPSA) is 45.0 Å². The summed E-state index contributed by atoms with van der Waals surface area (Å²) in [5, 5.41) is 13.2. The Morgan fingerprint density at radius 3 is 2.52 bits per heavy atom. The average Bonchev–Trinajstić information content (AvgIpc) is 3.27. The Bertz CT molecular complexity index is 401. The van der Waals surface area contributed by atoms with Crippen LogP contribution in [0, 0.1) is 23.2 Å². The summed E-state index contributed by atoms with van der Waals surface area (Å²) >= 11 is 0. The lowest BCUT2D eigenvalue weighted by Crippen LogP contribution is -2.51. The van der Waals surface area contributed by atoms with Crippen molar-refractivity contribution in [3.05, 3.63) is 0 Å². The molecule has 118 valence electrons. The molecular formula is C18H30N2O. The smallest absolute Gasteiger partial charge is 0.109 e. The lowest BCUT2D eigenvalue weighted by atomic mass is 9.79. The summed E-state index contributed by atoms with van der Waals surface area (Å²) in [5.41, 5.74) is -0.308. The zero-order chi connectivity index (χ0) is 14.9. The molecule has 1 N–H and O–H groups in total. The fraction of sp³-hybridized carbons (Fsp3) is 0.944. The van der Waals surface area contributed by atoms with Crippen LogP contribution in [0.5, 0.6) is 0 Å². The van der Waals surface area contributed by atoms with Gasteiger partial charge in [-0.1, -0.05) is 13.8 Å². The Morgan fingerprint density at radius 2 is 1.86 bits per heavy atom. The molecule has 3 heteroatoms.